The van der Waals surface area contributed by atoms with E-state index < -0.39 is 18.0 Å². The van der Waals surface area contributed by atoms with Crippen LogP contribution in [0.2, 0.25) is 0 Å². The predicted molar refractivity (Wildman–Crippen MR) is 78.7 cm³/mol. The number of carbonyl (C=O) groups excluding carboxylic acids is 1. The molecule has 0 spiro atoms. The first kappa shape index (κ1) is 15.6. The molecule has 2 amide bonds. The number of methoxy groups -OCH3 is 1. The number of ether oxygens (including phenoxy) is 2. The van der Waals surface area contributed by atoms with Gasteiger partial charge in [0.25, 0.3) is 0 Å². The number of aliphatic carboxylic acids is 1. The molecule has 1 aromatic rings. The molecular formula is C13H15BrN2O5. The fourth-order valence-corrected chi connectivity index (χ4v) is 2.39. The molecule has 1 heterocycles. The Morgan fingerprint density at radius 1 is 1.52 bits per heavy atom. The summed E-state index contributed by atoms with van der Waals surface area (Å²) in [5, 5.41) is 11.8. The molecule has 1 saturated heterocycles. The van der Waals surface area contributed by atoms with Gasteiger partial charge >= 0.3 is 12.0 Å². The summed E-state index contributed by atoms with van der Waals surface area (Å²) in [5.74, 6) is -0.511. The summed E-state index contributed by atoms with van der Waals surface area (Å²) in [7, 11) is 1.52. The highest BCUT2D eigenvalue weighted by Gasteiger charge is 2.32. The number of urea groups is 1. The third-order valence-electron chi connectivity index (χ3n) is 3.08. The number of halogens is 1. The molecule has 1 atom stereocenters. The highest BCUT2D eigenvalue weighted by atomic mass is 79.9. The molecule has 0 radical (unpaired) electrons. The maximum absolute atomic E-state index is 12.2. The zero-order chi connectivity index (χ0) is 15.4. The molecule has 2 rings (SSSR count). The van der Waals surface area contributed by atoms with Crippen LogP contribution in [0.3, 0.4) is 0 Å². The van der Waals surface area contributed by atoms with Crippen LogP contribution in [0.1, 0.15) is 0 Å². The average Bonchev–Trinajstić information content (AvgIpc) is 2.49. The van der Waals surface area contributed by atoms with Crippen molar-refractivity contribution in [3.63, 3.8) is 0 Å². The number of morpholine rings is 1. The third-order valence-corrected chi connectivity index (χ3v) is 3.73. The lowest BCUT2D eigenvalue weighted by Gasteiger charge is -2.32. The summed E-state index contributed by atoms with van der Waals surface area (Å²) in [6.07, 6.45) is 0. The number of hydrogen-bond acceptors (Lipinski definition) is 4. The van der Waals surface area contributed by atoms with Crippen LogP contribution in [0.15, 0.2) is 22.7 Å². The summed E-state index contributed by atoms with van der Waals surface area (Å²) in [5.41, 5.74) is 0.524. The zero-order valence-corrected chi connectivity index (χ0v) is 12.9. The molecule has 0 aromatic heterocycles. The van der Waals surface area contributed by atoms with Crippen LogP contribution in [0, 0.1) is 0 Å². The Labute approximate surface area is 130 Å². The third kappa shape index (κ3) is 3.64. The van der Waals surface area contributed by atoms with Gasteiger partial charge in [-0.1, -0.05) is 0 Å². The molecular weight excluding hydrogens is 344 g/mol. The van der Waals surface area contributed by atoms with Crippen molar-refractivity contribution >= 4 is 33.6 Å². The standard InChI is InChI=1S/C13H15BrN2O5/c1-20-11-6-8(2-3-9(11)14)15-13(19)16-4-5-21-7-10(16)12(17)18/h2-3,6,10H,4-5,7H2,1H3,(H,15,19)(H,17,18). The van der Waals surface area contributed by atoms with Gasteiger partial charge in [-0.15, -0.1) is 0 Å². The normalized spacial score (nSPS) is 18.2. The maximum atomic E-state index is 12.2. The van der Waals surface area contributed by atoms with E-state index >= 15 is 0 Å². The molecule has 1 aromatic carbocycles. The SMILES string of the molecule is COc1cc(NC(=O)N2CCOCC2C(=O)O)ccc1Br. The van der Waals surface area contributed by atoms with E-state index in [2.05, 4.69) is 21.2 Å². The molecule has 1 aliphatic rings. The van der Waals surface area contributed by atoms with E-state index in [9.17, 15) is 9.59 Å². The van der Waals surface area contributed by atoms with E-state index in [4.69, 9.17) is 14.6 Å². The Bertz CT molecular complexity index is 551. The second-order valence-electron chi connectivity index (χ2n) is 4.40. The van der Waals surface area contributed by atoms with Crippen molar-refractivity contribution in [2.45, 2.75) is 6.04 Å². The summed E-state index contributed by atoms with van der Waals surface area (Å²) in [6.45, 7) is 0.545. The van der Waals surface area contributed by atoms with Crippen LogP contribution in [0.25, 0.3) is 0 Å². The number of hydrogen-bond donors (Lipinski definition) is 2. The average molecular weight is 359 g/mol. The van der Waals surface area contributed by atoms with Gasteiger partial charge in [-0.3, -0.25) is 0 Å². The molecule has 1 unspecified atom stereocenters. The second kappa shape index (κ2) is 6.77. The van der Waals surface area contributed by atoms with Gasteiger partial charge in [0.15, 0.2) is 6.04 Å². The molecule has 0 saturated carbocycles. The number of benzene rings is 1. The van der Waals surface area contributed by atoms with Crippen LogP contribution in [-0.2, 0) is 9.53 Å². The monoisotopic (exact) mass is 358 g/mol. The van der Waals surface area contributed by atoms with Gasteiger partial charge in [0.1, 0.15) is 5.75 Å². The number of carbonyl (C=O) groups is 2. The zero-order valence-electron chi connectivity index (χ0n) is 11.3. The van der Waals surface area contributed by atoms with Gasteiger partial charge in [-0.2, -0.15) is 0 Å². The van der Waals surface area contributed by atoms with Crippen molar-refractivity contribution in [2.24, 2.45) is 0 Å². The van der Waals surface area contributed by atoms with Crippen molar-refractivity contribution in [3.05, 3.63) is 22.7 Å². The summed E-state index contributed by atoms with van der Waals surface area (Å²) in [4.78, 5) is 24.6. The Kier molecular flexibility index (Phi) is 5.03. The van der Waals surface area contributed by atoms with E-state index in [1.54, 1.807) is 18.2 Å². The van der Waals surface area contributed by atoms with Crippen molar-refractivity contribution in [1.82, 2.24) is 4.90 Å². The van der Waals surface area contributed by atoms with Crippen LogP contribution < -0.4 is 10.1 Å². The van der Waals surface area contributed by atoms with Gasteiger partial charge < -0.3 is 24.8 Å². The predicted octanol–water partition coefficient (Wildman–Crippen LogP) is 1.77. The van der Waals surface area contributed by atoms with Crippen molar-refractivity contribution in [2.75, 3.05) is 32.2 Å². The van der Waals surface area contributed by atoms with Gasteiger partial charge in [0.2, 0.25) is 0 Å². The molecule has 0 bridgehead atoms. The largest absolute Gasteiger partial charge is 0.495 e. The van der Waals surface area contributed by atoms with E-state index in [0.717, 1.165) is 4.47 Å². The first-order chi connectivity index (χ1) is 10.0. The number of nitrogens with one attached hydrogen (secondary N) is 1. The molecule has 7 nitrogen and oxygen atoms in total. The van der Waals surface area contributed by atoms with Gasteiger partial charge in [-0.05, 0) is 28.1 Å². The molecule has 2 N–H and O–H groups in total. The Balaban J connectivity index is 2.11. The Hall–Kier alpha value is -1.80. The van der Waals surface area contributed by atoms with Crippen LogP contribution in [0.5, 0.6) is 5.75 Å². The Morgan fingerprint density at radius 3 is 2.95 bits per heavy atom. The number of nitrogens with zero attached hydrogens (tertiary/aromatic N) is 1. The highest BCUT2D eigenvalue weighted by Crippen LogP contribution is 2.28. The fraction of sp³-hybridized carbons (Fsp3) is 0.385. The molecule has 0 aliphatic carbocycles. The van der Waals surface area contributed by atoms with Gasteiger partial charge in [-0.25, -0.2) is 9.59 Å². The number of carboxylic acid groups (broad SMARTS) is 1. The number of carboxylic acids is 1. The van der Waals surface area contributed by atoms with E-state index in [1.807, 2.05) is 0 Å². The molecule has 8 heteroatoms. The minimum Gasteiger partial charge on any atom is -0.495 e. The quantitative estimate of drug-likeness (QED) is 0.859. The van der Waals surface area contributed by atoms with E-state index in [0.29, 0.717) is 18.0 Å². The highest BCUT2D eigenvalue weighted by molar-refractivity contribution is 9.10. The Morgan fingerprint density at radius 2 is 2.29 bits per heavy atom. The first-order valence-electron chi connectivity index (χ1n) is 6.24. The van der Waals surface area contributed by atoms with Crippen molar-refractivity contribution in [1.29, 1.82) is 0 Å². The minimum absolute atomic E-state index is 0.00753. The maximum Gasteiger partial charge on any atom is 0.328 e. The number of amides is 2. The molecule has 1 aliphatic heterocycles. The fourth-order valence-electron chi connectivity index (χ4n) is 1.98. The lowest BCUT2D eigenvalue weighted by molar-refractivity contribution is -0.147. The van der Waals surface area contributed by atoms with Crippen LogP contribution >= 0.6 is 15.9 Å². The van der Waals surface area contributed by atoms with Crippen molar-refractivity contribution < 1.29 is 24.2 Å². The summed E-state index contributed by atoms with van der Waals surface area (Å²) < 4.78 is 11.0. The number of rotatable bonds is 3. The van der Waals surface area contributed by atoms with E-state index in [1.165, 1.54) is 12.0 Å². The van der Waals surface area contributed by atoms with Crippen LogP contribution in [-0.4, -0.2) is 54.9 Å². The van der Waals surface area contributed by atoms with Gasteiger partial charge in [0.05, 0.1) is 24.8 Å². The lowest BCUT2D eigenvalue weighted by atomic mass is 10.2. The lowest BCUT2D eigenvalue weighted by Crippen LogP contribution is -2.53. The van der Waals surface area contributed by atoms with Crippen molar-refractivity contribution in [3.8, 4) is 5.75 Å². The minimum atomic E-state index is -1.08. The summed E-state index contributed by atoms with van der Waals surface area (Å²) in [6, 6.07) is 3.63. The van der Waals surface area contributed by atoms with E-state index in [-0.39, 0.29) is 13.2 Å². The molecule has 21 heavy (non-hydrogen) atoms. The molecule has 114 valence electrons. The number of anilines is 1. The summed E-state index contributed by atoms with van der Waals surface area (Å²) >= 11 is 3.32. The van der Waals surface area contributed by atoms with Crippen LogP contribution in [0.4, 0.5) is 10.5 Å². The second-order valence-corrected chi connectivity index (χ2v) is 5.26. The topological polar surface area (TPSA) is 88.1 Å². The smallest absolute Gasteiger partial charge is 0.328 e. The van der Waals surface area contributed by atoms with Gasteiger partial charge in [0, 0.05) is 18.3 Å². The molecule has 1 fully saturated rings. The first-order valence-corrected chi connectivity index (χ1v) is 7.04.